The van der Waals surface area contributed by atoms with Gasteiger partial charge in [-0.25, -0.2) is 4.79 Å². The van der Waals surface area contributed by atoms with Crippen LogP contribution in [0.3, 0.4) is 0 Å². The maximum atomic E-state index is 11.6. The van der Waals surface area contributed by atoms with E-state index in [1.807, 2.05) is 6.92 Å². The Balaban J connectivity index is 2.17. The molecule has 0 spiro atoms. The molecule has 1 fully saturated rings. The first-order valence-corrected chi connectivity index (χ1v) is 7.15. The predicted octanol–water partition coefficient (Wildman–Crippen LogP) is 3.11. The molecule has 5 nitrogen and oxygen atoms in total. The Morgan fingerprint density at radius 2 is 2.25 bits per heavy atom. The second-order valence-corrected chi connectivity index (χ2v) is 5.97. The third kappa shape index (κ3) is 3.43. The van der Waals surface area contributed by atoms with E-state index in [4.69, 9.17) is 21.4 Å². The number of piperidine rings is 1. The number of likely N-dealkylation sites (tertiary alicyclic amines) is 1. The molecule has 2 rings (SSSR count). The van der Waals surface area contributed by atoms with Gasteiger partial charge in [0, 0.05) is 11.4 Å². The Kier molecular flexibility index (Phi) is 4.55. The smallest absolute Gasteiger partial charge is 0.407 e. The van der Waals surface area contributed by atoms with E-state index in [1.165, 1.54) is 0 Å². The lowest BCUT2D eigenvalue weighted by molar-refractivity contribution is -0.124. The Morgan fingerprint density at radius 3 is 2.85 bits per heavy atom. The number of hydrogen-bond donors (Lipinski definition) is 1. The van der Waals surface area contributed by atoms with Gasteiger partial charge < -0.3 is 9.84 Å². The summed E-state index contributed by atoms with van der Waals surface area (Å²) in [5, 5.41) is 9.55. The minimum Gasteiger partial charge on any atom is -0.487 e. The molecule has 1 atom stereocenters. The molecule has 0 aliphatic carbocycles. The van der Waals surface area contributed by atoms with Gasteiger partial charge >= 0.3 is 6.09 Å². The number of rotatable bonds is 2. The lowest BCUT2D eigenvalue weighted by Gasteiger charge is -2.30. The van der Waals surface area contributed by atoms with E-state index in [9.17, 15) is 9.59 Å². The number of benzene rings is 1. The number of aryl methyl sites for hydroxylation is 1. The molecule has 0 radical (unpaired) electrons. The highest BCUT2D eigenvalue weighted by Crippen LogP contribution is 2.33. The number of carbonyl (C=O) groups is 2. The van der Waals surface area contributed by atoms with Crippen molar-refractivity contribution in [3.63, 3.8) is 0 Å². The number of nitrogens with zero attached hydrogens (tertiary/aromatic N) is 1. The second-order valence-electron chi connectivity index (χ2n) is 4.68. The van der Waals surface area contributed by atoms with Gasteiger partial charge in [-0.1, -0.05) is 11.6 Å². The number of amides is 1. The fourth-order valence-corrected chi connectivity index (χ4v) is 3.19. The Labute approximate surface area is 129 Å². The van der Waals surface area contributed by atoms with Gasteiger partial charge in [-0.05, 0) is 40.5 Å². The van der Waals surface area contributed by atoms with Gasteiger partial charge in [0.15, 0.2) is 5.78 Å². The highest BCUT2D eigenvalue weighted by Gasteiger charge is 2.30. The van der Waals surface area contributed by atoms with Crippen LogP contribution < -0.4 is 4.74 Å². The van der Waals surface area contributed by atoms with Crippen LogP contribution >= 0.6 is 27.5 Å². The van der Waals surface area contributed by atoms with Crippen LogP contribution in [0.25, 0.3) is 0 Å². The summed E-state index contributed by atoms with van der Waals surface area (Å²) in [6.07, 6.45) is -1.39. The lowest BCUT2D eigenvalue weighted by atomic mass is 10.1. The zero-order valence-electron chi connectivity index (χ0n) is 10.7. The van der Waals surface area contributed by atoms with Gasteiger partial charge in [0.1, 0.15) is 11.9 Å². The molecule has 1 aliphatic rings. The summed E-state index contributed by atoms with van der Waals surface area (Å²) in [6.45, 7) is 1.94. The standard InChI is InChI=1S/C13H13BrClNO4/c1-7-2-8(15)3-11(14)12(7)20-10-4-9(17)5-16(6-10)13(18)19/h2-3,10H,4-6H2,1H3,(H,18,19). The Morgan fingerprint density at radius 1 is 1.55 bits per heavy atom. The Bertz CT molecular complexity index is 540. The fraction of sp³-hybridized carbons (Fsp3) is 0.385. The molecule has 108 valence electrons. The lowest BCUT2D eigenvalue weighted by Crippen LogP contribution is -2.48. The van der Waals surface area contributed by atoms with Gasteiger partial charge in [0.2, 0.25) is 0 Å². The number of halogens is 2. The van der Waals surface area contributed by atoms with Crippen LogP contribution in [0.4, 0.5) is 4.79 Å². The average Bonchev–Trinajstić information content (AvgIpc) is 2.33. The zero-order valence-corrected chi connectivity index (χ0v) is 13.1. The van der Waals surface area contributed by atoms with Crippen LogP contribution in [0.2, 0.25) is 5.02 Å². The number of carboxylic acid groups (broad SMARTS) is 1. The summed E-state index contributed by atoms with van der Waals surface area (Å²) in [5.74, 6) is 0.436. The van der Waals surface area contributed by atoms with Gasteiger partial charge in [0.05, 0.1) is 17.6 Å². The molecule has 1 aromatic rings. The van der Waals surface area contributed by atoms with Crippen molar-refractivity contribution in [3.8, 4) is 5.75 Å². The number of Topliss-reactive ketones (excluding diaryl/α,β-unsaturated/α-hetero) is 1. The minimum atomic E-state index is -1.11. The molecule has 1 heterocycles. The molecule has 1 amide bonds. The molecule has 0 bridgehead atoms. The molecule has 0 aromatic heterocycles. The molecule has 1 N–H and O–H groups in total. The fourth-order valence-electron chi connectivity index (χ4n) is 2.14. The van der Waals surface area contributed by atoms with Crippen molar-refractivity contribution in [3.05, 3.63) is 27.2 Å². The topological polar surface area (TPSA) is 66.8 Å². The average molecular weight is 363 g/mol. The summed E-state index contributed by atoms with van der Waals surface area (Å²) in [4.78, 5) is 23.6. The van der Waals surface area contributed by atoms with E-state index >= 15 is 0 Å². The summed E-state index contributed by atoms with van der Waals surface area (Å²) in [6, 6.07) is 3.45. The summed E-state index contributed by atoms with van der Waals surface area (Å²) in [7, 11) is 0. The zero-order chi connectivity index (χ0) is 14.9. The van der Waals surface area contributed by atoms with Gasteiger partial charge in [-0.2, -0.15) is 0 Å². The molecular weight excluding hydrogens is 350 g/mol. The first-order chi connectivity index (χ1) is 9.36. The number of hydrogen-bond acceptors (Lipinski definition) is 3. The maximum absolute atomic E-state index is 11.6. The van der Waals surface area contributed by atoms with E-state index < -0.39 is 12.2 Å². The largest absolute Gasteiger partial charge is 0.487 e. The van der Waals surface area contributed by atoms with E-state index in [-0.39, 0.29) is 25.3 Å². The third-order valence-electron chi connectivity index (χ3n) is 3.00. The van der Waals surface area contributed by atoms with Crippen molar-refractivity contribution in [1.29, 1.82) is 0 Å². The van der Waals surface area contributed by atoms with E-state index in [1.54, 1.807) is 12.1 Å². The van der Waals surface area contributed by atoms with Crippen molar-refractivity contribution in [2.75, 3.05) is 13.1 Å². The van der Waals surface area contributed by atoms with Crippen LogP contribution in [0.5, 0.6) is 5.75 Å². The van der Waals surface area contributed by atoms with Crippen molar-refractivity contribution < 1.29 is 19.4 Å². The number of carbonyl (C=O) groups excluding carboxylic acids is 1. The first-order valence-electron chi connectivity index (χ1n) is 5.98. The van der Waals surface area contributed by atoms with Gasteiger partial charge in [-0.3, -0.25) is 9.69 Å². The van der Waals surface area contributed by atoms with Gasteiger partial charge in [0.25, 0.3) is 0 Å². The van der Waals surface area contributed by atoms with E-state index in [0.717, 1.165) is 10.5 Å². The minimum absolute atomic E-state index is 0.0734. The van der Waals surface area contributed by atoms with Crippen molar-refractivity contribution in [1.82, 2.24) is 4.90 Å². The molecule has 1 saturated heterocycles. The van der Waals surface area contributed by atoms with Crippen molar-refractivity contribution >= 4 is 39.4 Å². The van der Waals surface area contributed by atoms with E-state index in [0.29, 0.717) is 15.2 Å². The first kappa shape index (κ1) is 15.1. The van der Waals surface area contributed by atoms with Crippen LogP contribution in [-0.2, 0) is 4.79 Å². The molecule has 7 heteroatoms. The molecule has 1 aliphatic heterocycles. The molecule has 20 heavy (non-hydrogen) atoms. The predicted molar refractivity (Wildman–Crippen MR) is 77.5 cm³/mol. The summed E-state index contributed by atoms with van der Waals surface area (Å²) < 4.78 is 6.47. The van der Waals surface area contributed by atoms with Crippen LogP contribution in [-0.4, -0.2) is 41.1 Å². The Hall–Kier alpha value is -1.27. The van der Waals surface area contributed by atoms with Crippen LogP contribution in [0.1, 0.15) is 12.0 Å². The third-order valence-corrected chi connectivity index (χ3v) is 3.80. The maximum Gasteiger partial charge on any atom is 0.407 e. The normalized spacial score (nSPS) is 19.1. The SMILES string of the molecule is Cc1cc(Cl)cc(Br)c1OC1CC(=O)CN(C(=O)O)C1. The van der Waals surface area contributed by atoms with Crippen molar-refractivity contribution in [2.24, 2.45) is 0 Å². The summed E-state index contributed by atoms with van der Waals surface area (Å²) >= 11 is 9.29. The van der Waals surface area contributed by atoms with Gasteiger partial charge in [-0.15, -0.1) is 0 Å². The second kappa shape index (κ2) is 6.01. The molecule has 1 aromatic carbocycles. The molecule has 0 saturated carbocycles. The number of ketones is 1. The number of ether oxygens (including phenoxy) is 1. The molecular formula is C13H13BrClNO4. The monoisotopic (exact) mass is 361 g/mol. The highest BCUT2D eigenvalue weighted by molar-refractivity contribution is 9.10. The van der Waals surface area contributed by atoms with Crippen molar-refractivity contribution in [2.45, 2.75) is 19.4 Å². The van der Waals surface area contributed by atoms with Crippen LogP contribution in [0.15, 0.2) is 16.6 Å². The quantitative estimate of drug-likeness (QED) is 0.878. The highest BCUT2D eigenvalue weighted by atomic mass is 79.9. The summed E-state index contributed by atoms with van der Waals surface area (Å²) in [5.41, 5.74) is 0.823. The van der Waals surface area contributed by atoms with E-state index in [2.05, 4.69) is 15.9 Å². The molecule has 1 unspecified atom stereocenters. The van der Waals surface area contributed by atoms with Crippen LogP contribution in [0, 0.1) is 6.92 Å².